The molecule has 0 aliphatic rings. The van der Waals surface area contributed by atoms with Gasteiger partial charge in [-0.25, -0.2) is 4.39 Å². The molecule has 1 aromatic carbocycles. The summed E-state index contributed by atoms with van der Waals surface area (Å²) in [4.78, 5) is 0. The predicted octanol–water partition coefficient (Wildman–Crippen LogP) is 1.84. The number of hydrogen-bond donors (Lipinski definition) is 1. The Labute approximate surface area is 88.5 Å². The summed E-state index contributed by atoms with van der Waals surface area (Å²) in [6.07, 6.45) is -0.536. The van der Waals surface area contributed by atoms with E-state index in [1.165, 1.54) is 18.2 Å². The Bertz CT molecular complexity index is 373. The number of benzene rings is 1. The van der Waals surface area contributed by atoms with E-state index < -0.39 is 6.10 Å². The van der Waals surface area contributed by atoms with Gasteiger partial charge < -0.3 is 10.1 Å². The predicted molar refractivity (Wildman–Crippen MR) is 54.9 cm³/mol. The van der Waals surface area contributed by atoms with Crippen LogP contribution in [0.15, 0.2) is 18.2 Å². The maximum absolute atomic E-state index is 12.9. The highest BCUT2D eigenvalue weighted by Gasteiger charge is 2.08. The maximum atomic E-state index is 12.9. The van der Waals surface area contributed by atoms with Gasteiger partial charge in [-0.15, -0.1) is 0 Å². The van der Waals surface area contributed by atoms with Crippen LogP contribution < -0.4 is 10.1 Å². The third-order valence-corrected chi connectivity index (χ3v) is 1.88. The molecule has 1 rings (SSSR count). The second-order valence-corrected chi connectivity index (χ2v) is 3.17. The zero-order chi connectivity index (χ0) is 11.3. The van der Waals surface area contributed by atoms with E-state index in [9.17, 15) is 4.39 Å². The molecule has 0 bridgehead atoms. The molecule has 3 nitrogen and oxygen atoms in total. The summed E-state index contributed by atoms with van der Waals surface area (Å²) >= 11 is 0. The summed E-state index contributed by atoms with van der Waals surface area (Å²) in [5, 5.41) is 11.5. The Balaban J connectivity index is 2.91. The molecule has 0 saturated carbocycles. The lowest BCUT2D eigenvalue weighted by atomic mass is 10.2. The summed E-state index contributed by atoms with van der Waals surface area (Å²) in [6.45, 7) is 2.15. The number of ether oxygens (including phenoxy) is 1. The lowest BCUT2D eigenvalue weighted by Crippen LogP contribution is -2.12. The summed E-state index contributed by atoms with van der Waals surface area (Å²) in [7, 11) is 1.77. The Morgan fingerprint density at radius 3 is 2.93 bits per heavy atom. The Kier molecular flexibility index (Phi) is 4.07. The fraction of sp³-hybridized carbons (Fsp3) is 0.364. The first-order valence-electron chi connectivity index (χ1n) is 4.66. The van der Waals surface area contributed by atoms with Gasteiger partial charge >= 0.3 is 0 Å². The Morgan fingerprint density at radius 2 is 2.33 bits per heavy atom. The van der Waals surface area contributed by atoms with Gasteiger partial charge in [0.25, 0.3) is 0 Å². The molecule has 1 unspecified atom stereocenters. The van der Waals surface area contributed by atoms with Gasteiger partial charge in [0.2, 0.25) is 0 Å². The SMILES string of the molecule is CNCc1cc(F)ccc1OC(C)C#N. The van der Waals surface area contributed by atoms with E-state index in [2.05, 4.69) is 5.32 Å². The van der Waals surface area contributed by atoms with Crippen molar-refractivity contribution in [3.63, 3.8) is 0 Å². The topological polar surface area (TPSA) is 45.0 Å². The Hall–Kier alpha value is -1.60. The standard InChI is InChI=1S/C11H13FN2O/c1-8(6-13)15-11-4-3-10(12)5-9(11)7-14-2/h3-5,8,14H,7H2,1-2H3. The number of halogens is 1. The van der Waals surface area contributed by atoms with Gasteiger partial charge in [0.05, 0.1) is 0 Å². The van der Waals surface area contributed by atoms with E-state index in [-0.39, 0.29) is 5.82 Å². The van der Waals surface area contributed by atoms with Crippen LogP contribution in [-0.4, -0.2) is 13.2 Å². The molecule has 80 valence electrons. The molecule has 0 saturated heterocycles. The number of nitrogens with one attached hydrogen (secondary N) is 1. The van der Waals surface area contributed by atoms with E-state index in [1.807, 2.05) is 6.07 Å². The van der Waals surface area contributed by atoms with Gasteiger partial charge in [-0.3, -0.25) is 0 Å². The maximum Gasteiger partial charge on any atom is 0.181 e. The van der Waals surface area contributed by atoms with Gasteiger partial charge in [-0.1, -0.05) is 0 Å². The lowest BCUT2D eigenvalue weighted by molar-refractivity contribution is 0.272. The molecule has 1 aromatic rings. The van der Waals surface area contributed by atoms with Crippen molar-refractivity contribution in [2.75, 3.05) is 7.05 Å². The van der Waals surface area contributed by atoms with E-state index in [0.717, 1.165) is 0 Å². The monoisotopic (exact) mass is 208 g/mol. The number of nitrogens with zero attached hydrogens (tertiary/aromatic N) is 1. The summed E-state index contributed by atoms with van der Waals surface area (Å²) in [5.74, 6) is 0.233. The highest BCUT2D eigenvalue weighted by molar-refractivity contribution is 5.34. The molecular formula is C11H13FN2O. The van der Waals surface area contributed by atoms with Crippen LogP contribution in [0.4, 0.5) is 4.39 Å². The van der Waals surface area contributed by atoms with Crippen molar-refractivity contribution >= 4 is 0 Å². The fourth-order valence-corrected chi connectivity index (χ4v) is 1.21. The van der Waals surface area contributed by atoms with Crippen molar-refractivity contribution in [2.45, 2.75) is 19.6 Å². The van der Waals surface area contributed by atoms with Crippen molar-refractivity contribution in [1.29, 1.82) is 5.26 Å². The summed E-state index contributed by atoms with van der Waals surface area (Å²) < 4.78 is 18.3. The van der Waals surface area contributed by atoms with E-state index in [0.29, 0.717) is 17.9 Å². The normalized spacial score (nSPS) is 11.9. The van der Waals surface area contributed by atoms with Gasteiger partial charge in [-0.05, 0) is 32.2 Å². The molecule has 1 atom stereocenters. The van der Waals surface area contributed by atoms with Crippen molar-refractivity contribution < 1.29 is 9.13 Å². The number of nitriles is 1. The largest absolute Gasteiger partial charge is 0.476 e. The van der Waals surface area contributed by atoms with Crippen LogP contribution in [0.25, 0.3) is 0 Å². The Morgan fingerprint density at radius 1 is 1.60 bits per heavy atom. The van der Waals surface area contributed by atoms with Crippen molar-refractivity contribution in [2.24, 2.45) is 0 Å². The molecule has 0 amide bonds. The van der Waals surface area contributed by atoms with E-state index >= 15 is 0 Å². The average molecular weight is 208 g/mol. The van der Waals surface area contributed by atoms with Gasteiger partial charge in [-0.2, -0.15) is 5.26 Å². The number of rotatable bonds is 4. The molecule has 0 fully saturated rings. The first kappa shape index (κ1) is 11.5. The molecule has 0 radical (unpaired) electrons. The smallest absolute Gasteiger partial charge is 0.181 e. The fourth-order valence-electron chi connectivity index (χ4n) is 1.21. The van der Waals surface area contributed by atoms with Crippen molar-refractivity contribution in [3.05, 3.63) is 29.6 Å². The van der Waals surface area contributed by atoms with Crippen LogP contribution in [0.3, 0.4) is 0 Å². The van der Waals surface area contributed by atoms with Crippen LogP contribution in [0, 0.1) is 17.1 Å². The highest BCUT2D eigenvalue weighted by atomic mass is 19.1. The molecule has 0 aliphatic carbocycles. The zero-order valence-electron chi connectivity index (χ0n) is 8.75. The van der Waals surface area contributed by atoms with E-state index in [4.69, 9.17) is 10.00 Å². The summed E-state index contributed by atoms with van der Waals surface area (Å²) in [5.41, 5.74) is 0.708. The first-order valence-corrected chi connectivity index (χ1v) is 4.66. The van der Waals surface area contributed by atoms with E-state index in [1.54, 1.807) is 14.0 Å². The highest BCUT2D eigenvalue weighted by Crippen LogP contribution is 2.20. The molecule has 0 aliphatic heterocycles. The van der Waals surface area contributed by atoms with Gasteiger partial charge in [0.15, 0.2) is 6.10 Å². The van der Waals surface area contributed by atoms with Crippen molar-refractivity contribution in [3.8, 4) is 11.8 Å². The van der Waals surface area contributed by atoms with Gasteiger partial charge in [0.1, 0.15) is 17.6 Å². The van der Waals surface area contributed by atoms with Crippen LogP contribution >= 0.6 is 0 Å². The lowest BCUT2D eigenvalue weighted by Gasteiger charge is -2.12. The molecule has 4 heteroatoms. The van der Waals surface area contributed by atoms with Gasteiger partial charge in [0, 0.05) is 12.1 Å². The first-order chi connectivity index (χ1) is 7.17. The second kappa shape index (κ2) is 5.32. The molecule has 0 spiro atoms. The molecule has 15 heavy (non-hydrogen) atoms. The summed E-state index contributed by atoms with van der Waals surface area (Å²) in [6, 6.07) is 6.22. The molecular weight excluding hydrogens is 195 g/mol. The zero-order valence-corrected chi connectivity index (χ0v) is 8.75. The van der Waals surface area contributed by atoms with Crippen LogP contribution in [0.5, 0.6) is 5.75 Å². The quantitative estimate of drug-likeness (QED) is 0.821. The van der Waals surface area contributed by atoms with Crippen molar-refractivity contribution in [1.82, 2.24) is 5.32 Å². The third-order valence-electron chi connectivity index (χ3n) is 1.88. The average Bonchev–Trinajstić information content (AvgIpc) is 2.22. The van der Waals surface area contributed by atoms with Crippen LogP contribution in [-0.2, 0) is 6.54 Å². The third kappa shape index (κ3) is 3.22. The minimum absolute atomic E-state index is 0.308. The molecule has 0 heterocycles. The second-order valence-electron chi connectivity index (χ2n) is 3.17. The minimum atomic E-state index is -0.536. The molecule has 0 aromatic heterocycles. The molecule has 1 N–H and O–H groups in total. The minimum Gasteiger partial charge on any atom is -0.476 e. The number of hydrogen-bond acceptors (Lipinski definition) is 3. The van der Waals surface area contributed by atoms with Crippen LogP contribution in [0.1, 0.15) is 12.5 Å². The van der Waals surface area contributed by atoms with Crippen LogP contribution in [0.2, 0.25) is 0 Å².